The van der Waals surface area contributed by atoms with Gasteiger partial charge in [-0.25, -0.2) is 0 Å². The number of para-hydroxylation sites is 1. The Morgan fingerprint density at radius 2 is 2.00 bits per heavy atom. The van der Waals surface area contributed by atoms with E-state index in [2.05, 4.69) is 69.5 Å². The molecule has 3 aromatic rings. The van der Waals surface area contributed by atoms with Crippen LogP contribution in [-0.2, 0) is 6.42 Å². The molecule has 1 saturated heterocycles. The zero-order chi connectivity index (χ0) is 24.2. The summed E-state index contributed by atoms with van der Waals surface area (Å²) in [5, 5.41) is 13.8. The van der Waals surface area contributed by atoms with E-state index in [9.17, 15) is 0 Å². The smallest absolute Gasteiger partial charge is 0.0935 e. The Bertz CT molecular complexity index is 1270. The van der Waals surface area contributed by atoms with Gasteiger partial charge in [0.15, 0.2) is 0 Å². The minimum absolute atomic E-state index is 0.178. The lowest BCUT2D eigenvalue weighted by Gasteiger charge is -2.55. The highest BCUT2D eigenvalue weighted by atomic mass is 15.3. The summed E-state index contributed by atoms with van der Waals surface area (Å²) in [6, 6.07) is 17.3. The maximum absolute atomic E-state index is 8.80. The SMILES string of the molecule is C[C@@H]1Cc2c([nH]c3ccccc23)[C@@H](c2ccc(NC3CN(CCC#N)C3)cn2)N1[C@@H]1CCC2CC1C2. The summed E-state index contributed by atoms with van der Waals surface area (Å²) in [6.07, 6.45) is 9.30. The van der Waals surface area contributed by atoms with Crippen molar-refractivity contribution >= 4 is 16.6 Å². The molecule has 3 aliphatic carbocycles. The van der Waals surface area contributed by atoms with E-state index in [1.165, 1.54) is 47.8 Å². The van der Waals surface area contributed by atoms with E-state index in [1.807, 2.05) is 6.20 Å². The van der Waals surface area contributed by atoms with Gasteiger partial charge in [0.25, 0.3) is 0 Å². The normalized spacial score (nSPS) is 30.3. The van der Waals surface area contributed by atoms with Gasteiger partial charge < -0.3 is 10.3 Å². The standard InChI is InChI=1S/C30H36N6/c1-19-13-25-24-5-2-3-6-26(24)34-29(25)30(36(19)28-10-7-20-14-21(28)15-20)27-9-8-22(16-32-27)33-23-17-35(18-23)12-4-11-31/h2-3,5-6,8-9,16,19-21,23,28,30,33-34H,4,7,10,12-15,17-18H2,1H3/t19-,20?,21?,28-,30-/m1/s1. The monoisotopic (exact) mass is 480 g/mol. The molecule has 8 rings (SSSR count). The van der Waals surface area contributed by atoms with Crippen LogP contribution < -0.4 is 5.32 Å². The van der Waals surface area contributed by atoms with Crippen LogP contribution in [0.4, 0.5) is 5.69 Å². The second-order valence-electron chi connectivity index (χ2n) is 11.7. The Kier molecular flexibility index (Phi) is 5.52. The van der Waals surface area contributed by atoms with Crippen molar-refractivity contribution in [2.45, 2.75) is 69.6 Å². The van der Waals surface area contributed by atoms with Crippen molar-refractivity contribution in [3.8, 4) is 6.07 Å². The van der Waals surface area contributed by atoms with Gasteiger partial charge in [0.2, 0.25) is 0 Å². The molecule has 2 bridgehead atoms. The number of rotatable bonds is 6. The second kappa shape index (κ2) is 8.90. The number of pyridine rings is 1. The van der Waals surface area contributed by atoms with Crippen LogP contribution in [0, 0.1) is 23.2 Å². The molecule has 0 radical (unpaired) electrons. The number of nitrogens with zero attached hydrogens (tertiary/aromatic N) is 4. The second-order valence-corrected chi connectivity index (χ2v) is 11.7. The van der Waals surface area contributed by atoms with E-state index < -0.39 is 0 Å². The lowest BCUT2D eigenvalue weighted by Crippen LogP contribution is -2.56. The summed E-state index contributed by atoms with van der Waals surface area (Å²) < 4.78 is 0. The number of nitriles is 1. The maximum Gasteiger partial charge on any atom is 0.0935 e. The molecule has 4 heterocycles. The lowest BCUT2D eigenvalue weighted by atomic mass is 9.61. The van der Waals surface area contributed by atoms with Gasteiger partial charge in [-0.15, -0.1) is 0 Å². The van der Waals surface area contributed by atoms with Crippen molar-refractivity contribution in [1.29, 1.82) is 5.26 Å². The number of hydrogen-bond donors (Lipinski definition) is 2. The molecule has 3 saturated carbocycles. The molecule has 2 aromatic heterocycles. The summed E-state index contributed by atoms with van der Waals surface area (Å²) in [4.78, 5) is 14.1. The Labute approximate surface area is 213 Å². The first-order valence-electron chi connectivity index (χ1n) is 13.9. The molecule has 36 heavy (non-hydrogen) atoms. The quantitative estimate of drug-likeness (QED) is 0.514. The largest absolute Gasteiger partial charge is 0.378 e. The van der Waals surface area contributed by atoms with Gasteiger partial charge in [-0.3, -0.25) is 14.8 Å². The van der Waals surface area contributed by atoms with Gasteiger partial charge in [0.05, 0.1) is 35.7 Å². The zero-order valence-corrected chi connectivity index (χ0v) is 21.2. The van der Waals surface area contributed by atoms with Gasteiger partial charge in [0, 0.05) is 54.7 Å². The first-order chi connectivity index (χ1) is 17.7. The van der Waals surface area contributed by atoms with E-state index in [1.54, 1.807) is 0 Å². The molecule has 2 N–H and O–H groups in total. The zero-order valence-electron chi connectivity index (χ0n) is 21.2. The highest BCUT2D eigenvalue weighted by Gasteiger charge is 2.48. The minimum Gasteiger partial charge on any atom is -0.378 e. The fraction of sp³-hybridized carbons (Fsp3) is 0.533. The Morgan fingerprint density at radius 3 is 2.75 bits per heavy atom. The highest BCUT2D eigenvalue weighted by Crippen LogP contribution is 2.52. The summed E-state index contributed by atoms with van der Waals surface area (Å²) in [5.74, 6) is 1.84. The fourth-order valence-corrected chi connectivity index (χ4v) is 7.61. The molecule has 186 valence electrons. The molecule has 1 aromatic carbocycles. The molecule has 0 unspecified atom stereocenters. The molecular formula is C30H36N6. The number of benzene rings is 1. The number of aromatic nitrogens is 2. The molecule has 0 amide bonds. The molecule has 6 heteroatoms. The van der Waals surface area contributed by atoms with Crippen LogP contribution in [0.2, 0.25) is 0 Å². The van der Waals surface area contributed by atoms with Crippen molar-refractivity contribution < 1.29 is 0 Å². The van der Waals surface area contributed by atoms with Crippen LogP contribution in [-0.4, -0.2) is 57.5 Å². The van der Waals surface area contributed by atoms with E-state index in [0.717, 1.165) is 49.3 Å². The van der Waals surface area contributed by atoms with E-state index in [-0.39, 0.29) is 6.04 Å². The Hall–Kier alpha value is -2.88. The topological polar surface area (TPSA) is 71.0 Å². The van der Waals surface area contributed by atoms with Crippen LogP contribution in [0.5, 0.6) is 0 Å². The van der Waals surface area contributed by atoms with Crippen molar-refractivity contribution in [3.05, 3.63) is 59.5 Å². The fourth-order valence-electron chi connectivity index (χ4n) is 7.61. The molecule has 4 fully saturated rings. The van der Waals surface area contributed by atoms with Crippen LogP contribution in [0.15, 0.2) is 42.6 Å². The van der Waals surface area contributed by atoms with Gasteiger partial charge in [-0.1, -0.05) is 18.2 Å². The molecule has 6 nitrogen and oxygen atoms in total. The third kappa shape index (κ3) is 3.72. The molecule has 5 aliphatic rings. The number of likely N-dealkylation sites (tertiary alicyclic amines) is 1. The van der Waals surface area contributed by atoms with E-state index >= 15 is 0 Å². The molecule has 3 atom stereocenters. The van der Waals surface area contributed by atoms with Gasteiger partial charge in [0.1, 0.15) is 0 Å². The highest BCUT2D eigenvalue weighted by molar-refractivity contribution is 5.85. The third-order valence-corrected chi connectivity index (χ3v) is 9.43. The number of anilines is 1. The Balaban J connectivity index is 1.19. The third-order valence-electron chi connectivity index (χ3n) is 9.43. The first kappa shape index (κ1) is 22.3. The van der Waals surface area contributed by atoms with Crippen molar-refractivity contribution in [3.63, 3.8) is 0 Å². The molecular weight excluding hydrogens is 444 g/mol. The number of fused-ring (bicyclic) bond motifs is 5. The summed E-state index contributed by atoms with van der Waals surface area (Å²) >= 11 is 0. The average molecular weight is 481 g/mol. The van der Waals surface area contributed by atoms with Crippen LogP contribution in [0.25, 0.3) is 10.9 Å². The van der Waals surface area contributed by atoms with Crippen LogP contribution >= 0.6 is 0 Å². The summed E-state index contributed by atoms with van der Waals surface area (Å²) in [5.41, 5.74) is 6.34. The Morgan fingerprint density at radius 1 is 1.14 bits per heavy atom. The number of H-pyrrole nitrogens is 1. The molecule has 0 spiro atoms. The maximum atomic E-state index is 8.80. The molecule has 2 aliphatic heterocycles. The predicted octanol–water partition coefficient (Wildman–Crippen LogP) is 5.10. The van der Waals surface area contributed by atoms with Crippen LogP contribution in [0.1, 0.15) is 62.0 Å². The number of aromatic amines is 1. The van der Waals surface area contributed by atoms with Gasteiger partial charge >= 0.3 is 0 Å². The first-order valence-corrected chi connectivity index (χ1v) is 13.9. The summed E-state index contributed by atoms with van der Waals surface area (Å²) in [7, 11) is 0. The van der Waals surface area contributed by atoms with Crippen LogP contribution in [0.3, 0.4) is 0 Å². The lowest BCUT2D eigenvalue weighted by molar-refractivity contribution is -0.0363. The van der Waals surface area contributed by atoms with Crippen molar-refractivity contribution in [2.24, 2.45) is 11.8 Å². The van der Waals surface area contributed by atoms with Gasteiger partial charge in [-0.05, 0) is 74.6 Å². The van der Waals surface area contributed by atoms with E-state index in [0.29, 0.717) is 24.5 Å². The van der Waals surface area contributed by atoms with Crippen molar-refractivity contribution in [2.75, 3.05) is 25.0 Å². The van der Waals surface area contributed by atoms with E-state index in [4.69, 9.17) is 10.2 Å². The average Bonchev–Trinajstić information content (AvgIpc) is 3.22. The van der Waals surface area contributed by atoms with Gasteiger partial charge in [-0.2, -0.15) is 5.26 Å². The minimum atomic E-state index is 0.178. The number of nitrogens with one attached hydrogen (secondary N) is 2. The van der Waals surface area contributed by atoms with Crippen molar-refractivity contribution in [1.82, 2.24) is 19.8 Å². The predicted molar refractivity (Wildman–Crippen MR) is 143 cm³/mol. The summed E-state index contributed by atoms with van der Waals surface area (Å²) in [6.45, 7) is 5.31. The number of hydrogen-bond acceptors (Lipinski definition) is 5.